The van der Waals surface area contributed by atoms with E-state index >= 15 is 0 Å². The summed E-state index contributed by atoms with van der Waals surface area (Å²) in [6, 6.07) is 14.7. The van der Waals surface area contributed by atoms with Gasteiger partial charge in [0.1, 0.15) is 5.82 Å². The minimum Gasteiger partial charge on any atom is -0.344 e. The first-order chi connectivity index (χ1) is 15.6. The Kier molecular flexibility index (Phi) is 6.67. The molecule has 32 heavy (non-hydrogen) atoms. The van der Waals surface area contributed by atoms with Crippen LogP contribution in [0, 0.1) is 5.82 Å². The number of carbonyl (C=O) groups excluding carboxylic acids is 1. The van der Waals surface area contributed by atoms with Gasteiger partial charge in [0.05, 0.1) is 17.4 Å². The number of aromatic amines is 1. The van der Waals surface area contributed by atoms with Gasteiger partial charge in [-0.05, 0) is 42.5 Å². The number of pyridine rings is 2. The van der Waals surface area contributed by atoms with Gasteiger partial charge in [0.15, 0.2) is 0 Å². The van der Waals surface area contributed by atoms with E-state index in [4.69, 9.17) is 11.6 Å². The molecule has 160 valence electrons. The van der Waals surface area contributed by atoms with Crippen LogP contribution in [0.5, 0.6) is 0 Å². The number of nitrogens with one attached hydrogen (secondary N) is 2. The molecule has 1 unspecified atom stereocenters. The van der Waals surface area contributed by atoms with Crippen LogP contribution >= 0.6 is 11.6 Å². The molecule has 0 aliphatic carbocycles. The van der Waals surface area contributed by atoms with Crippen molar-refractivity contribution < 1.29 is 9.18 Å². The molecular formula is C24H19ClFN5O. The number of rotatable bonds is 7. The Morgan fingerprint density at radius 1 is 1.12 bits per heavy atom. The first-order valence-electron chi connectivity index (χ1n) is 9.88. The molecule has 4 aromatic rings. The molecule has 1 aromatic carbocycles. The SMILES string of the molecule is O=C(/C=C/c1c[nH]nc1-c1cccc(F)c1)NC(Cc1ccccn1)c1cc(Cl)ccn1. The van der Waals surface area contributed by atoms with Gasteiger partial charge in [0.2, 0.25) is 5.91 Å². The molecule has 0 spiro atoms. The number of halogens is 2. The zero-order chi connectivity index (χ0) is 22.3. The summed E-state index contributed by atoms with van der Waals surface area (Å²) in [5.74, 6) is -0.677. The molecule has 1 atom stereocenters. The van der Waals surface area contributed by atoms with Crippen LogP contribution < -0.4 is 5.32 Å². The molecule has 4 rings (SSSR count). The monoisotopic (exact) mass is 447 g/mol. The largest absolute Gasteiger partial charge is 0.344 e. The standard InChI is InChI=1S/C24H19ClFN5O/c25-18-9-11-28-21(13-18)22(14-20-6-1-2-10-27-20)30-23(32)8-7-17-15-29-31-24(17)16-4-3-5-19(26)12-16/h1-13,15,22H,14H2,(H,29,31)(H,30,32)/b8-7+. The van der Waals surface area contributed by atoms with E-state index < -0.39 is 6.04 Å². The van der Waals surface area contributed by atoms with Crippen molar-refractivity contribution in [2.45, 2.75) is 12.5 Å². The van der Waals surface area contributed by atoms with Crippen molar-refractivity contribution in [3.8, 4) is 11.3 Å². The van der Waals surface area contributed by atoms with Crippen LogP contribution in [0.15, 0.2) is 79.3 Å². The van der Waals surface area contributed by atoms with Gasteiger partial charge in [-0.15, -0.1) is 0 Å². The van der Waals surface area contributed by atoms with Crippen molar-refractivity contribution in [2.75, 3.05) is 0 Å². The number of amides is 1. The number of aromatic nitrogens is 4. The first-order valence-corrected chi connectivity index (χ1v) is 10.3. The lowest BCUT2D eigenvalue weighted by Crippen LogP contribution is -2.29. The summed E-state index contributed by atoms with van der Waals surface area (Å²) in [4.78, 5) is 21.4. The average molecular weight is 448 g/mol. The third-order valence-electron chi connectivity index (χ3n) is 4.74. The van der Waals surface area contributed by atoms with Gasteiger partial charge >= 0.3 is 0 Å². The van der Waals surface area contributed by atoms with Crippen molar-refractivity contribution in [3.63, 3.8) is 0 Å². The third kappa shape index (κ3) is 5.44. The maximum atomic E-state index is 13.6. The molecule has 0 aliphatic heterocycles. The molecule has 0 aliphatic rings. The number of hydrogen-bond acceptors (Lipinski definition) is 4. The molecule has 0 radical (unpaired) electrons. The highest BCUT2D eigenvalue weighted by molar-refractivity contribution is 6.30. The number of H-pyrrole nitrogens is 1. The predicted octanol–water partition coefficient (Wildman–Crippen LogP) is 4.77. The molecule has 0 bridgehead atoms. The lowest BCUT2D eigenvalue weighted by molar-refractivity contribution is -0.117. The van der Waals surface area contributed by atoms with Crippen molar-refractivity contribution in [1.29, 1.82) is 0 Å². The molecule has 3 aromatic heterocycles. The zero-order valence-corrected chi connectivity index (χ0v) is 17.6. The Balaban J connectivity index is 1.53. The second kappa shape index (κ2) is 9.98. The van der Waals surface area contributed by atoms with Gasteiger partial charge in [-0.2, -0.15) is 5.10 Å². The summed E-state index contributed by atoms with van der Waals surface area (Å²) in [6.07, 6.45) is 8.43. The predicted molar refractivity (Wildman–Crippen MR) is 121 cm³/mol. The smallest absolute Gasteiger partial charge is 0.244 e. The zero-order valence-electron chi connectivity index (χ0n) is 16.9. The van der Waals surface area contributed by atoms with Crippen molar-refractivity contribution in [3.05, 3.63) is 107 Å². The first kappa shape index (κ1) is 21.4. The molecular weight excluding hydrogens is 429 g/mol. The van der Waals surface area contributed by atoms with E-state index in [-0.39, 0.29) is 11.7 Å². The van der Waals surface area contributed by atoms with E-state index in [1.165, 1.54) is 18.2 Å². The van der Waals surface area contributed by atoms with E-state index in [0.29, 0.717) is 34.0 Å². The number of benzene rings is 1. The summed E-state index contributed by atoms with van der Waals surface area (Å²) in [6.45, 7) is 0. The second-order valence-corrected chi connectivity index (χ2v) is 7.45. The van der Waals surface area contributed by atoms with E-state index in [1.807, 2.05) is 18.2 Å². The number of carbonyl (C=O) groups is 1. The van der Waals surface area contributed by atoms with Gasteiger partial charge in [-0.3, -0.25) is 19.9 Å². The van der Waals surface area contributed by atoms with Crippen LogP contribution in [0.3, 0.4) is 0 Å². The van der Waals surface area contributed by atoms with Crippen LogP contribution in [-0.2, 0) is 11.2 Å². The highest BCUT2D eigenvalue weighted by Crippen LogP contribution is 2.23. The normalized spacial score (nSPS) is 12.1. The fourth-order valence-electron chi connectivity index (χ4n) is 3.25. The Morgan fingerprint density at radius 3 is 2.81 bits per heavy atom. The van der Waals surface area contributed by atoms with Crippen LogP contribution in [0.2, 0.25) is 5.02 Å². The van der Waals surface area contributed by atoms with Crippen molar-refractivity contribution >= 4 is 23.6 Å². The molecule has 0 saturated heterocycles. The molecule has 8 heteroatoms. The summed E-state index contributed by atoms with van der Waals surface area (Å²) in [5.41, 5.74) is 3.27. The van der Waals surface area contributed by atoms with Crippen LogP contribution in [-0.4, -0.2) is 26.1 Å². The van der Waals surface area contributed by atoms with Gasteiger partial charge in [-0.25, -0.2) is 4.39 Å². The Hall–Kier alpha value is -3.84. The van der Waals surface area contributed by atoms with Crippen molar-refractivity contribution in [1.82, 2.24) is 25.5 Å². The summed E-state index contributed by atoms with van der Waals surface area (Å²) >= 11 is 6.12. The van der Waals surface area contributed by atoms with E-state index in [0.717, 1.165) is 5.69 Å². The molecule has 3 heterocycles. The fourth-order valence-corrected chi connectivity index (χ4v) is 3.42. The van der Waals surface area contributed by atoms with Gasteiger partial charge in [-0.1, -0.05) is 29.8 Å². The minimum absolute atomic E-state index is 0.320. The summed E-state index contributed by atoms with van der Waals surface area (Å²) < 4.78 is 13.6. The van der Waals surface area contributed by atoms with Crippen LogP contribution in [0.25, 0.3) is 17.3 Å². The second-order valence-electron chi connectivity index (χ2n) is 7.02. The summed E-state index contributed by atoms with van der Waals surface area (Å²) in [7, 11) is 0. The van der Waals surface area contributed by atoms with Crippen molar-refractivity contribution in [2.24, 2.45) is 0 Å². The quantitative estimate of drug-likeness (QED) is 0.399. The molecule has 1 amide bonds. The lowest BCUT2D eigenvalue weighted by Gasteiger charge is -2.17. The van der Waals surface area contributed by atoms with E-state index in [2.05, 4.69) is 25.5 Å². The van der Waals surface area contributed by atoms with E-state index in [9.17, 15) is 9.18 Å². The van der Waals surface area contributed by atoms with E-state index in [1.54, 1.807) is 48.9 Å². The van der Waals surface area contributed by atoms with Crippen LogP contribution in [0.4, 0.5) is 4.39 Å². The number of hydrogen-bond donors (Lipinski definition) is 2. The van der Waals surface area contributed by atoms with Gasteiger partial charge < -0.3 is 5.32 Å². The Bertz CT molecular complexity index is 1240. The fraction of sp³-hybridized carbons (Fsp3) is 0.0833. The average Bonchev–Trinajstić information content (AvgIpc) is 3.27. The minimum atomic E-state index is -0.423. The topological polar surface area (TPSA) is 83.6 Å². The maximum absolute atomic E-state index is 13.6. The highest BCUT2D eigenvalue weighted by atomic mass is 35.5. The lowest BCUT2D eigenvalue weighted by atomic mass is 10.1. The Labute approximate surface area is 189 Å². The maximum Gasteiger partial charge on any atom is 0.244 e. The highest BCUT2D eigenvalue weighted by Gasteiger charge is 2.17. The molecule has 0 fully saturated rings. The van der Waals surface area contributed by atoms with Gasteiger partial charge in [0.25, 0.3) is 0 Å². The van der Waals surface area contributed by atoms with Gasteiger partial charge in [0, 0.05) is 52.9 Å². The third-order valence-corrected chi connectivity index (χ3v) is 4.97. The summed E-state index contributed by atoms with van der Waals surface area (Å²) in [5, 5.41) is 10.4. The molecule has 0 saturated carbocycles. The molecule has 6 nitrogen and oxygen atoms in total. The number of nitrogens with zero attached hydrogens (tertiary/aromatic N) is 3. The Morgan fingerprint density at radius 2 is 2.03 bits per heavy atom. The van der Waals surface area contributed by atoms with Crippen LogP contribution in [0.1, 0.15) is 23.0 Å². The molecule has 2 N–H and O–H groups in total.